The lowest BCUT2D eigenvalue weighted by Gasteiger charge is -2.21. The minimum atomic E-state index is -0.145. The second-order valence-corrected chi connectivity index (χ2v) is 10.3. The van der Waals surface area contributed by atoms with Crippen LogP contribution in [0.25, 0.3) is 28.2 Å². The number of methoxy groups -OCH3 is 1. The van der Waals surface area contributed by atoms with Crippen LogP contribution in [0.4, 0.5) is 0 Å². The van der Waals surface area contributed by atoms with Crippen LogP contribution >= 0.6 is 11.3 Å². The predicted molar refractivity (Wildman–Crippen MR) is 141 cm³/mol. The molecule has 7 heteroatoms. The standard InChI is InChI=1S/C28H27N3O3S/c1-18-16-35-27-30-22(24(26(32)31(18)27)20-11-9-19(15-29)10-12-20)14-13-21-7-6-8-23(33-5)25(21)34-17-28(2,3)4/h6-14,16H,17H2,1-5H3/b14-13+. The Bertz CT molecular complexity index is 1500. The van der Waals surface area contributed by atoms with E-state index in [9.17, 15) is 10.1 Å². The van der Waals surface area contributed by atoms with Gasteiger partial charge in [-0.15, -0.1) is 11.3 Å². The third kappa shape index (κ3) is 5.13. The van der Waals surface area contributed by atoms with Gasteiger partial charge in [0.1, 0.15) is 0 Å². The van der Waals surface area contributed by atoms with E-state index < -0.39 is 0 Å². The summed E-state index contributed by atoms with van der Waals surface area (Å²) in [4.78, 5) is 19.0. The van der Waals surface area contributed by atoms with Crippen LogP contribution in [-0.4, -0.2) is 23.1 Å². The molecule has 4 aromatic rings. The summed E-state index contributed by atoms with van der Waals surface area (Å²) in [5, 5.41) is 11.1. The summed E-state index contributed by atoms with van der Waals surface area (Å²) in [6.45, 7) is 8.73. The van der Waals surface area contributed by atoms with Crippen molar-refractivity contribution < 1.29 is 9.47 Å². The van der Waals surface area contributed by atoms with E-state index in [1.165, 1.54) is 11.3 Å². The summed E-state index contributed by atoms with van der Waals surface area (Å²) in [5.41, 5.74) is 3.74. The molecule has 0 radical (unpaired) electrons. The van der Waals surface area contributed by atoms with E-state index in [2.05, 4.69) is 26.8 Å². The maximum atomic E-state index is 13.6. The van der Waals surface area contributed by atoms with Gasteiger partial charge in [0.2, 0.25) is 0 Å². The first-order chi connectivity index (χ1) is 16.7. The summed E-state index contributed by atoms with van der Waals surface area (Å²) in [6.07, 6.45) is 3.73. The van der Waals surface area contributed by atoms with E-state index >= 15 is 0 Å². The molecule has 0 saturated carbocycles. The molecule has 2 heterocycles. The van der Waals surface area contributed by atoms with Crippen LogP contribution < -0.4 is 15.0 Å². The molecule has 2 aromatic carbocycles. The van der Waals surface area contributed by atoms with Gasteiger partial charge in [0.15, 0.2) is 16.5 Å². The quantitative estimate of drug-likeness (QED) is 0.325. The Balaban J connectivity index is 1.86. The number of fused-ring (bicyclic) bond motifs is 1. The van der Waals surface area contributed by atoms with Gasteiger partial charge in [0.05, 0.1) is 36.6 Å². The van der Waals surface area contributed by atoms with Crippen LogP contribution in [0.5, 0.6) is 11.5 Å². The van der Waals surface area contributed by atoms with Gasteiger partial charge in [0.25, 0.3) is 5.56 Å². The highest BCUT2D eigenvalue weighted by molar-refractivity contribution is 7.15. The Morgan fingerprint density at radius 2 is 1.89 bits per heavy atom. The number of nitrogens with zero attached hydrogens (tertiary/aromatic N) is 3. The van der Waals surface area contributed by atoms with Crippen molar-refractivity contribution in [1.82, 2.24) is 9.38 Å². The minimum absolute atomic E-state index is 0.0249. The number of ether oxygens (including phenoxy) is 2. The minimum Gasteiger partial charge on any atom is -0.493 e. The molecule has 0 N–H and O–H groups in total. The molecule has 0 saturated heterocycles. The number of thiazole rings is 1. The summed E-state index contributed by atoms with van der Waals surface area (Å²) < 4.78 is 13.3. The van der Waals surface area contributed by atoms with Gasteiger partial charge in [-0.1, -0.05) is 45.0 Å². The number of nitriles is 1. The molecule has 35 heavy (non-hydrogen) atoms. The van der Waals surface area contributed by atoms with E-state index in [1.807, 2.05) is 42.7 Å². The smallest absolute Gasteiger partial charge is 0.267 e. The average Bonchev–Trinajstić information content (AvgIpc) is 3.21. The molecule has 178 valence electrons. The Morgan fingerprint density at radius 1 is 1.14 bits per heavy atom. The van der Waals surface area contributed by atoms with Crippen LogP contribution in [0.1, 0.15) is 43.3 Å². The van der Waals surface area contributed by atoms with Gasteiger partial charge in [-0.25, -0.2) is 4.98 Å². The molecule has 0 unspecified atom stereocenters. The van der Waals surface area contributed by atoms with E-state index in [-0.39, 0.29) is 11.0 Å². The topological polar surface area (TPSA) is 76.6 Å². The van der Waals surface area contributed by atoms with Crippen LogP contribution in [0, 0.1) is 23.7 Å². The fourth-order valence-corrected chi connectivity index (χ4v) is 4.50. The fraction of sp³-hybridized carbons (Fsp3) is 0.250. The number of benzene rings is 2. The molecular formula is C28H27N3O3S. The largest absolute Gasteiger partial charge is 0.493 e. The van der Waals surface area contributed by atoms with Gasteiger partial charge >= 0.3 is 0 Å². The zero-order chi connectivity index (χ0) is 25.2. The first-order valence-electron chi connectivity index (χ1n) is 11.2. The SMILES string of the molecule is COc1cccc(/C=C/c2nc3scc(C)n3c(=O)c2-c2ccc(C#N)cc2)c1OCC(C)(C)C. The number of aryl methyl sites for hydroxylation is 1. The monoisotopic (exact) mass is 485 g/mol. The lowest BCUT2D eigenvalue weighted by Crippen LogP contribution is -2.18. The van der Waals surface area contributed by atoms with Crippen LogP contribution in [0.15, 0.2) is 52.6 Å². The highest BCUT2D eigenvalue weighted by atomic mass is 32.1. The second-order valence-electron chi connectivity index (χ2n) is 9.42. The number of rotatable bonds is 6. The van der Waals surface area contributed by atoms with E-state index in [0.29, 0.717) is 45.5 Å². The number of para-hydroxylation sites is 1. The number of hydrogen-bond donors (Lipinski definition) is 0. The highest BCUT2D eigenvalue weighted by Crippen LogP contribution is 2.34. The van der Waals surface area contributed by atoms with Crippen LogP contribution in [0.3, 0.4) is 0 Å². The summed E-state index contributed by atoms with van der Waals surface area (Å²) in [5.74, 6) is 1.28. The second kappa shape index (κ2) is 9.77. The molecular weight excluding hydrogens is 458 g/mol. The van der Waals surface area contributed by atoms with E-state index in [4.69, 9.17) is 14.5 Å². The maximum Gasteiger partial charge on any atom is 0.267 e. The van der Waals surface area contributed by atoms with Crippen molar-refractivity contribution in [2.45, 2.75) is 27.7 Å². The summed E-state index contributed by atoms with van der Waals surface area (Å²) in [7, 11) is 1.62. The average molecular weight is 486 g/mol. The molecule has 0 aliphatic rings. The molecule has 0 aliphatic heterocycles. The third-order valence-corrected chi connectivity index (χ3v) is 6.31. The van der Waals surface area contributed by atoms with E-state index in [0.717, 1.165) is 11.3 Å². The Morgan fingerprint density at radius 3 is 2.54 bits per heavy atom. The predicted octanol–water partition coefficient (Wildman–Crippen LogP) is 6.21. The maximum absolute atomic E-state index is 13.6. The number of hydrogen-bond acceptors (Lipinski definition) is 6. The van der Waals surface area contributed by atoms with Gasteiger partial charge in [-0.3, -0.25) is 9.20 Å². The molecule has 0 spiro atoms. The van der Waals surface area contributed by atoms with Crippen molar-refractivity contribution in [1.29, 1.82) is 5.26 Å². The zero-order valence-electron chi connectivity index (χ0n) is 20.5. The van der Waals surface area contributed by atoms with Gasteiger partial charge in [0, 0.05) is 16.6 Å². The van der Waals surface area contributed by atoms with Crippen molar-refractivity contribution in [2.24, 2.45) is 5.41 Å². The Hall–Kier alpha value is -3.89. The Kier molecular flexibility index (Phi) is 6.77. The van der Waals surface area contributed by atoms with Crippen molar-refractivity contribution in [2.75, 3.05) is 13.7 Å². The molecule has 4 rings (SSSR count). The Labute approximate surface area is 208 Å². The first-order valence-corrected chi connectivity index (χ1v) is 12.1. The lowest BCUT2D eigenvalue weighted by atomic mass is 9.98. The summed E-state index contributed by atoms with van der Waals surface area (Å²) >= 11 is 1.42. The van der Waals surface area contributed by atoms with Crippen molar-refractivity contribution in [3.63, 3.8) is 0 Å². The van der Waals surface area contributed by atoms with Crippen LogP contribution in [0.2, 0.25) is 0 Å². The normalized spacial score (nSPS) is 11.7. The van der Waals surface area contributed by atoms with Gasteiger partial charge < -0.3 is 9.47 Å². The molecule has 0 aliphatic carbocycles. The van der Waals surface area contributed by atoms with Gasteiger partial charge in [-0.05, 0) is 48.3 Å². The van der Waals surface area contributed by atoms with Crippen molar-refractivity contribution in [3.05, 3.63) is 80.7 Å². The zero-order valence-corrected chi connectivity index (χ0v) is 21.3. The van der Waals surface area contributed by atoms with Crippen molar-refractivity contribution in [3.8, 4) is 28.7 Å². The highest BCUT2D eigenvalue weighted by Gasteiger charge is 2.18. The molecule has 0 atom stereocenters. The molecule has 0 bridgehead atoms. The third-order valence-electron chi connectivity index (χ3n) is 5.37. The van der Waals surface area contributed by atoms with Gasteiger partial charge in [-0.2, -0.15) is 5.26 Å². The molecule has 0 amide bonds. The molecule has 0 fully saturated rings. The molecule has 2 aromatic heterocycles. The summed E-state index contributed by atoms with van der Waals surface area (Å²) in [6, 6.07) is 14.8. The molecule has 6 nitrogen and oxygen atoms in total. The van der Waals surface area contributed by atoms with E-state index in [1.54, 1.807) is 35.8 Å². The van der Waals surface area contributed by atoms with Crippen molar-refractivity contribution >= 4 is 28.4 Å². The number of aromatic nitrogens is 2. The fourth-order valence-electron chi connectivity index (χ4n) is 3.64. The van der Waals surface area contributed by atoms with Crippen LogP contribution in [-0.2, 0) is 0 Å². The lowest BCUT2D eigenvalue weighted by molar-refractivity contribution is 0.191. The first kappa shape index (κ1) is 24.2.